The molecule has 0 aliphatic heterocycles. The highest BCUT2D eigenvalue weighted by Crippen LogP contribution is 2.27. The van der Waals surface area contributed by atoms with Crippen LogP contribution in [0.2, 0.25) is 0 Å². The zero-order valence-corrected chi connectivity index (χ0v) is 12.2. The molecule has 0 bridgehead atoms. The maximum absolute atomic E-state index is 11.0. The molecule has 0 radical (unpaired) electrons. The van der Waals surface area contributed by atoms with Gasteiger partial charge in [0.2, 0.25) is 0 Å². The van der Waals surface area contributed by atoms with Crippen LogP contribution in [0.5, 0.6) is 5.75 Å². The molecule has 0 unspecified atom stereocenters. The largest absolute Gasteiger partial charge is 0.490 e. The van der Waals surface area contributed by atoms with Gasteiger partial charge in [0, 0.05) is 12.6 Å². The SMILES string of the molecule is COc1ccc(CNCC2CCC(O)CC2)cc1[N+](=O)[O-]. The highest BCUT2D eigenvalue weighted by atomic mass is 16.6. The van der Waals surface area contributed by atoms with E-state index in [0.29, 0.717) is 12.5 Å². The molecule has 0 saturated heterocycles. The number of nitro groups is 1. The Morgan fingerprint density at radius 1 is 1.38 bits per heavy atom. The van der Waals surface area contributed by atoms with Gasteiger partial charge in [0.05, 0.1) is 18.1 Å². The average molecular weight is 294 g/mol. The van der Waals surface area contributed by atoms with Gasteiger partial charge in [-0.25, -0.2) is 0 Å². The number of aliphatic hydroxyl groups excluding tert-OH is 1. The summed E-state index contributed by atoms with van der Waals surface area (Å²) in [5, 5.41) is 23.8. The summed E-state index contributed by atoms with van der Waals surface area (Å²) in [5.74, 6) is 0.867. The van der Waals surface area contributed by atoms with Gasteiger partial charge in [-0.3, -0.25) is 10.1 Å². The van der Waals surface area contributed by atoms with Crippen LogP contribution in [-0.2, 0) is 6.54 Å². The van der Waals surface area contributed by atoms with Crippen LogP contribution < -0.4 is 10.1 Å². The molecule has 2 rings (SSSR count). The summed E-state index contributed by atoms with van der Waals surface area (Å²) in [6.07, 6.45) is 3.69. The highest BCUT2D eigenvalue weighted by Gasteiger charge is 2.19. The van der Waals surface area contributed by atoms with E-state index in [1.807, 2.05) is 6.07 Å². The normalized spacial score (nSPS) is 22.0. The second kappa shape index (κ2) is 7.38. The van der Waals surface area contributed by atoms with Crippen molar-refractivity contribution < 1.29 is 14.8 Å². The summed E-state index contributed by atoms with van der Waals surface area (Å²) < 4.78 is 4.99. The number of nitro benzene ring substituents is 1. The number of benzene rings is 1. The van der Waals surface area contributed by atoms with E-state index in [1.54, 1.807) is 12.1 Å². The van der Waals surface area contributed by atoms with E-state index < -0.39 is 4.92 Å². The van der Waals surface area contributed by atoms with E-state index in [9.17, 15) is 15.2 Å². The van der Waals surface area contributed by atoms with Gasteiger partial charge in [0.1, 0.15) is 0 Å². The lowest BCUT2D eigenvalue weighted by Crippen LogP contribution is -2.27. The number of hydrogen-bond acceptors (Lipinski definition) is 5. The summed E-state index contributed by atoms with van der Waals surface area (Å²) in [6, 6.07) is 5.02. The van der Waals surface area contributed by atoms with Gasteiger partial charge in [0.15, 0.2) is 5.75 Å². The molecule has 0 heterocycles. The molecule has 116 valence electrons. The number of hydrogen-bond donors (Lipinski definition) is 2. The molecule has 0 atom stereocenters. The van der Waals surface area contributed by atoms with Crippen LogP contribution in [-0.4, -0.2) is 29.8 Å². The maximum Gasteiger partial charge on any atom is 0.311 e. The van der Waals surface area contributed by atoms with Gasteiger partial charge in [-0.15, -0.1) is 0 Å². The second-order valence-corrected chi connectivity index (χ2v) is 5.57. The third kappa shape index (κ3) is 4.41. The summed E-state index contributed by atoms with van der Waals surface area (Å²) >= 11 is 0. The van der Waals surface area contributed by atoms with Crippen molar-refractivity contribution in [2.45, 2.75) is 38.3 Å². The molecule has 1 aliphatic rings. The first kappa shape index (κ1) is 15.7. The molecule has 0 aromatic heterocycles. The van der Waals surface area contributed by atoms with Crippen molar-refractivity contribution in [3.8, 4) is 5.75 Å². The van der Waals surface area contributed by atoms with Crippen LogP contribution in [0.1, 0.15) is 31.2 Å². The van der Waals surface area contributed by atoms with Gasteiger partial charge < -0.3 is 15.2 Å². The van der Waals surface area contributed by atoms with Crippen LogP contribution >= 0.6 is 0 Å². The van der Waals surface area contributed by atoms with Gasteiger partial charge in [-0.05, 0) is 49.8 Å². The number of nitrogens with one attached hydrogen (secondary N) is 1. The first-order chi connectivity index (χ1) is 10.1. The summed E-state index contributed by atoms with van der Waals surface area (Å²) in [6.45, 7) is 1.48. The lowest BCUT2D eigenvalue weighted by molar-refractivity contribution is -0.385. The van der Waals surface area contributed by atoms with Crippen LogP contribution in [0.4, 0.5) is 5.69 Å². The van der Waals surface area contributed by atoms with Crippen molar-refractivity contribution in [3.63, 3.8) is 0 Å². The second-order valence-electron chi connectivity index (χ2n) is 5.57. The predicted molar refractivity (Wildman–Crippen MR) is 79.3 cm³/mol. The molecule has 21 heavy (non-hydrogen) atoms. The molecule has 1 aromatic carbocycles. The Morgan fingerprint density at radius 2 is 2.10 bits per heavy atom. The number of nitrogens with zero attached hydrogens (tertiary/aromatic N) is 1. The van der Waals surface area contributed by atoms with Crippen LogP contribution in [0, 0.1) is 16.0 Å². The Bertz CT molecular complexity index is 485. The van der Waals surface area contributed by atoms with E-state index in [-0.39, 0.29) is 17.5 Å². The molecule has 1 saturated carbocycles. The molecular formula is C15H22N2O4. The highest BCUT2D eigenvalue weighted by molar-refractivity contribution is 5.48. The zero-order valence-electron chi connectivity index (χ0n) is 12.2. The Morgan fingerprint density at radius 3 is 2.71 bits per heavy atom. The van der Waals surface area contributed by atoms with Crippen molar-refractivity contribution in [3.05, 3.63) is 33.9 Å². The van der Waals surface area contributed by atoms with Crippen molar-refractivity contribution in [1.29, 1.82) is 0 Å². The van der Waals surface area contributed by atoms with E-state index in [4.69, 9.17) is 4.74 Å². The standard InChI is InChI=1S/C15H22N2O4/c1-21-15-7-4-12(8-14(15)17(19)20)10-16-9-11-2-5-13(18)6-3-11/h4,7-8,11,13,16,18H,2-3,5-6,9-10H2,1H3. The smallest absolute Gasteiger partial charge is 0.311 e. The minimum atomic E-state index is -0.426. The number of rotatable bonds is 6. The minimum Gasteiger partial charge on any atom is -0.490 e. The molecule has 6 nitrogen and oxygen atoms in total. The average Bonchev–Trinajstić information content (AvgIpc) is 2.49. The summed E-state index contributed by atoms with van der Waals surface area (Å²) in [5.41, 5.74) is 0.871. The number of ether oxygens (including phenoxy) is 1. The van der Waals surface area contributed by atoms with Crippen molar-refractivity contribution >= 4 is 5.69 Å². The van der Waals surface area contributed by atoms with Gasteiger partial charge in [-0.2, -0.15) is 0 Å². The first-order valence-electron chi connectivity index (χ1n) is 7.30. The van der Waals surface area contributed by atoms with Crippen molar-refractivity contribution in [1.82, 2.24) is 5.32 Å². The molecule has 1 fully saturated rings. The molecule has 2 N–H and O–H groups in total. The Balaban J connectivity index is 1.86. The van der Waals surface area contributed by atoms with E-state index in [2.05, 4.69) is 5.32 Å². The van der Waals surface area contributed by atoms with Gasteiger partial charge in [-0.1, -0.05) is 6.07 Å². The number of methoxy groups -OCH3 is 1. The maximum atomic E-state index is 11.0. The zero-order chi connectivity index (χ0) is 15.2. The minimum absolute atomic E-state index is 0.00223. The third-order valence-electron chi connectivity index (χ3n) is 4.02. The monoisotopic (exact) mass is 294 g/mol. The lowest BCUT2D eigenvalue weighted by atomic mass is 9.87. The molecule has 6 heteroatoms. The molecule has 1 aromatic rings. The lowest BCUT2D eigenvalue weighted by Gasteiger charge is -2.25. The van der Waals surface area contributed by atoms with Crippen molar-refractivity contribution in [2.75, 3.05) is 13.7 Å². The van der Waals surface area contributed by atoms with Crippen LogP contribution in [0.3, 0.4) is 0 Å². The van der Waals surface area contributed by atoms with Crippen LogP contribution in [0.15, 0.2) is 18.2 Å². The molecule has 1 aliphatic carbocycles. The van der Waals surface area contributed by atoms with Gasteiger partial charge >= 0.3 is 5.69 Å². The third-order valence-corrected chi connectivity index (χ3v) is 4.02. The number of aliphatic hydroxyl groups is 1. The van der Waals surface area contributed by atoms with E-state index >= 15 is 0 Å². The Labute approximate surface area is 124 Å². The summed E-state index contributed by atoms with van der Waals surface area (Å²) in [4.78, 5) is 10.5. The Hall–Kier alpha value is -1.66. The predicted octanol–water partition coefficient (Wildman–Crippen LogP) is 2.24. The fourth-order valence-corrected chi connectivity index (χ4v) is 2.76. The molecular weight excluding hydrogens is 272 g/mol. The van der Waals surface area contributed by atoms with E-state index in [0.717, 1.165) is 37.8 Å². The first-order valence-corrected chi connectivity index (χ1v) is 7.30. The fraction of sp³-hybridized carbons (Fsp3) is 0.600. The summed E-state index contributed by atoms with van der Waals surface area (Å²) in [7, 11) is 1.43. The molecule has 0 amide bonds. The quantitative estimate of drug-likeness (QED) is 0.621. The van der Waals surface area contributed by atoms with Gasteiger partial charge in [0.25, 0.3) is 0 Å². The molecule has 0 spiro atoms. The van der Waals surface area contributed by atoms with Crippen molar-refractivity contribution in [2.24, 2.45) is 5.92 Å². The fourth-order valence-electron chi connectivity index (χ4n) is 2.76. The topological polar surface area (TPSA) is 84.6 Å². The Kier molecular flexibility index (Phi) is 5.52. The van der Waals surface area contributed by atoms with E-state index in [1.165, 1.54) is 7.11 Å². The van der Waals surface area contributed by atoms with Crippen LogP contribution in [0.25, 0.3) is 0 Å².